The molecule has 0 unspecified atom stereocenters. The maximum absolute atomic E-state index is 5.56. The van der Waals surface area contributed by atoms with E-state index in [4.69, 9.17) is 4.74 Å². The van der Waals surface area contributed by atoms with Crippen LogP contribution in [0.15, 0.2) is 36.7 Å². The number of ether oxygens (including phenoxy) is 1. The Morgan fingerprint density at radius 2 is 2.10 bits per heavy atom. The van der Waals surface area contributed by atoms with Crippen LogP contribution in [0.3, 0.4) is 0 Å². The van der Waals surface area contributed by atoms with Crippen molar-refractivity contribution in [3.63, 3.8) is 0 Å². The van der Waals surface area contributed by atoms with Crippen LogP contribution >= 0.6 is 0 Å². The van der Waals surface area contributed by atoms with E-state index in [1.165, 1.54) is 5.56 Å². The molecule has 0 bridgehead atoms. The normalized spacial score (nSPS) is 10.7. The summed E-state index contributed by atoms with van der Waals surface area (Å²) in [4.78, 5) is 0. The molecule has 0 aliphatic heterocycles. The summed E-state index contributed by atoms with van der Waals surface area (Å²) >= 11 is 0. The van der Waals surface area contributed by atoms with Gasteiger partial charge in [0.25, 0.3) is 0 Å². The van der Waals surface area contributed by atoms with E-state index in [-0.39, 0.29) is 0 Å². The van der Waals surface area contributed by atoms with Crippen LogP contribution in [0.2, 0.25) is 0 Å². The van der Waals surface area contributed by atoms with E-state index in [1.807, 2.05) is 23.0 Å². The Hall–Kier alpha value is -1.88. The maximum atomic E-state index is 5.56. The molecule has 0 saturated heterocycles. The zero-order chi connectivity index (χ0) is 14.0. The third-order valence-corrected chi connectivity index (χ3v) is 2.94. The molecule has 0 saturated carbocycles. The molecule has 0 atom stereocenters. The van der Waals surface area contributed by atoms with E-state index in [0.717, 1.165) is 44.8 Å². The second kappa shape index (κ2) is 8.32. The molecule has 1 heterocycles. The van der Waals surface area contributed by atoms with Gasteiger partial charge < -0.3 is 10.1 Å². The van der Waals surface area contributed by atoms with Gasteiger partial charge in [0.05, 0.1) is 12.8 Å². The minimum absolute atomic E-state index is 0.778. The van der Waals surface area contributed by atoms with Gasteiger partial charge in [-0.3, -0.25) is 4.68 Å². The van der Waals surface area contributed by atoms with Crippen LogP contribution in [0.4, 0.5) is 0 Å². The van der Waals surface area contributed by atoms with Crippen LogP contribution in [0, 0.1) is 0 Å². The van der Waals surface area contributed by atoms with E-state index in [0.29, 0.717) is 0 Å². The van der Waals surface area contributed by atoms with Crippen LogP contribution in [-0.2, 0) is 13.1 Å². The number of hydrogen-bond acceptors (Lipinski definition) is 4. The molecule has 0 spiro atoms. The van der Waals surface area contributed by atoms with Crippen molar-refractivity contribution in [2.24, 2.45) is 0 Å². The molecule has 0 amide bonds. The van der Waals surface area contributed by atoms with Gasteiger partial charge in [0, 0.05) is 19.3 Å². The van der Waals surface area contributed by atoms with Crippen molar-refractivity contribution < 1.29 is 4.74 Å². The lowest BCUT2D eigenvalue weighted by atomic mass is 10.2. The van der Waals surface area contributed by atoms with Crippen molar-refractivity contribution in [1.82, 2.24) is 20.3 Å². The summed E-state index contributed by atoms with van der Waals surface area (Å²) in [6.07, 6.45) is 5.67. The molecule has 1 aromatic heterocycles. The van der Waals surface area contributed by atoms with Gasteiger partial charge in [-0.15, -0.1) is 5.10 Å². The molecule has 0 aliphatic carbocycles. The van der Waals surface area contributed by atoms with Crippen LogP contribution in [-0.4, -0.2) is 28.1 Å². The molecular weight excluding hydrogens is 252 g/mol. The first-order valence-electron chi connectivity index (χ1n) is 7.15. The number of benzene rings is 1. The quantitative estimate of drug-likeness (QED) is 0.713. The second-order valence-corrected chi connectivity index (χ2v) is 4.69. The van der Waals surface area contributed by atoms with Gasteiger partial charge in [0.1, 0.15) is 5.75 Å². The number of aromatic nitrogens is 3. The first kappa shape index (κ1) is 14.5. The van der Waals surface area contributed by atoms with Gasteiger partial charge in [0.15, 0.2) is 0 Å². The maximum Gasteiger partial charge on any atom is 0.119 e. The zero-order valence-electron chi connectivity index (χ0n) is 12.0. The summed E-state index contributed by atoms with van der Waals surface area (Å²) in [6, 6.07) is 8.27. The van der Waals surface area contributed by atoms with Crippen LogP contribution < -0.4 is 10.1 Å². The minimum atomic E-state index is 0.778. The van der Waals surface area contributed by atoms with E-state index in [2.05, 4.69) is 34.7 Å². The Morgan fingerprint density at radius 1 is 1.25 bits per heavy atom. The Bertz CT molecular complexity index is 467. The Balaban J connectivity index is 1.61. The van der Waals surface area contributed by atoms with E-state index in [1.54, 1.807) is 6.20 Å². The molecule has 0 aliphatic rings. The average Bonchev–Trinajstić information content (AvgIpc) is 2.99. The topological polar surface area (TPSA) is 52.0 Å². The monoisotopic (exact) mass is 274 g/mol. The molecule has 0 radical (unpaired) electrons. The lowest BCUT2D eigenvalue weighted by Gasteiger charge is -2.07. The molecule has 0 fully saturated rings. The summed E-state index contributed by atoms with van der Waals surface area (Å²) in [5.41, 5.74) is 1.27. The molecule has 2 aromatic rings. The van der Waals surface area contributed by atoms with Crippen LogP contribution in [0.25, 0.3) is 0 Å². The van der Waals surface area contributed by atoms with Gasteiger partial charge in [-0.1, -0.05) is 24.3 Å². The van der Waals surface area contributed by atoms with Crippen molar-refractivity contribution in [2.45, 2.75) is 32.9 Å². The lowest BCUT2D eigenvalue weighted by molar-refractivity contribution is 0.317. The lowest BCUT2D eigenvalue weighted by Crippen LogP contribution is -2.16. The summed E-state index contributed by atoms with van der Waals surface area (Å²) in [5, 5.41) is 11.1. The predicted molar refractivity (Wildman–Crippen MR) is 78.6 cm³/mol. The van der Waals surface area contributed by atoms with Crippen molar-refractivity contribution in [3.05, 3.63) is 42.2 Å². The van der Waals surface area contributed by atoms with Crippen molar-refractivity contribution in [2.75, 3.05) is 13.2 Å². The van der Waals surface area contributed by atoms with Crippen LogP contribution in [0.1, 0.15) is 25.3 Å². The minimum Gasteiger partial charge on any atom is -0.494 e. The Labute approximate surface area is 120 Å². The number of nitrogens with zero attached hydrogens (tertiary/aromatic N) is 3. The fourth-order valence-electron chi connectivity index (χ4n) is 1.87. The number of hydrogen-bond donors (Lipinski definition) is 1. The standard InChI is InChI=1S/C15H22N4O/c1-2-12-20-15-6-4-14(5-7-15)13-16-8-3-10-19-11-9-17-18-19/h4-7,9,11,16H,2-3,8,10,12-13H2,1H3. The number of nitrogens with one attached hydrogen (secondary N) is 1. The van der Waals surface area contributed by atoms with Gasteiger partial charge in [0.2, 0.25) is 0 Å². The predicted octanol–water partition coefficient (Wildman–Crippen LogP) is 2.25. The third-order valence-electron chi connectivity index (χ3n) is 2.94. The van der Waals surface area contributed by atoms with E-state index in [9.17, 15) is 0 Å². The van der Waals surface area contributed by atoms with Gasteiger partial charge >= 0.3 is 0 Å². The molecule has 108 valence electrons. The summed E-state index contributed by atoms with van der Waals surface area (Å²) < 4.78 is 7.41. The zero-order valence-corrected chi connectivity index (χ0v) is 12.0. The highest BCUT2D eigenvalue weighted by Crippen LogP contribution is 2.12. The highest BCUT2D eigenvalue weighted by molar-refractivity contribution is 5.27. The van der Waals surface area contributed by atoms with E-state index < -0.39 is 0 Å². The summed E-state index contributed by atoms with van der Waals surface area (Å²) in [7, 11) is 0. The highest BCUT2D eigenvalue weighted by Gasteiger charge is 1.96. The molecule has 2 rings (SSSR count). The summed E-state index contributed by atoms with van der Waals surface area (Å²) in [5.74, 6) is 0.946. The van der Waals surface area contributed by atoms with Gasteiger partial charge in [-0.25, -0.2) is 0 Å². The van der Waals surface area contributed by atoms with Crippen molar-refractivity contribution in [1.29, 1.82) is 0 Å². The number of rotatable bonds is 9. The number of aryl methyl sites for hydroxylation is 1. The van der Waals surface area contributed by atoms with Gasteiger partial charge in [-0.05, 0) is 37.1 Å². The SMILES string of the molecule is CCCOc1ccc(CNCCCn2ccnn2)cc1. The average molecular weight is 274 g/mol. The first-order valence-corrected chi connectivity index (χ1v) is 7.15. The second-order valence-electron chi connectivity index (χ2n) is 4.69. The molecule has 1 aromatic carbocycles. The summed E-state index contributed by atoms with van der Waals surface area (Å²) in [6.45, 7) is 5.63. The molecular formula is C15H22N4O. The Kier molecular flexibility index (Phi) is 6.05. The largest absolute Gasteiger partial charge is 0.494 e. The third kappa shape index (κ3) is 5.01. The first-order chi connectivity index (χ1) is 9.88. The molecule has 20 heavy (non-hydrogen) atoms. The Morgan fingerprint density at radius 3 is 2.80 bits per heavy atom. The van der Waals surface area contributed by atoms with E-state index >= 15 is 0 Å². The van der Waals surface area contributed by atoms with Gasteiger partial charge in [-0.2, -0.15) is 0 Å². The molecule has 5 nitrogen and oxygen atoms in total. The highest BCUT2D eigenvalue weighted by atomic mass is 16.5. The van der Waals surface area contributed by atoms with Crippen molar-refractivity contribution >= 4 is 0 Å². The van der Waals surface area contributed by atoms with Crippen LogP contribution in [0.5, 0.6) is 5.75 Å². The molecule has 1 N–H and O–H groups in total. The van der Waals surface area contributed by atoms with Crippen molar-refractivity contribution in [3.8, 4) is 5.75 Å². The fraction of sp³-hybridized carbons (Fsp3) is 0.467. The smallest absolute Gasteiger partial charge is 0.119 e. The fourth-order valence-corrected chi connectivity index (χ4v) is 1.87. The molecule has 5 heteroatoms.